The summed E-state index contributed by atoms with van der Waals surface area (Å²) in [4.78, 5) is 13.9. The molecule has 25 heavy (non-hydrogen) atoms. The van der Waals surface area contributed by atoms with Crippen molar-refractivity contribution in [1.82, 2.24) is 0 Å². The Balaban J connectivity index is 2.16. The topological polar surface area (TPSA) is 85.6 Å². The van der Waals surface area contributed by atoms with Crippen molar-refractivity contribution in [2.75, 3.05) is 24.4 Å². The smallest absolute Gasteiger partial charge is 0.267 e. The molecule has 0 spiro atoms. The number of nitrogens with zero attached hydrogens (tertiary/aromatic N) is 2. The van der Waals surface area contributed by atoms with E-state index in [2.05, 4.69) is 5.32 Å². The average molecular weight is 358 g/mol. The monoisotopic (exact) mass is 357 g/mol. The summed E-state index contributed by atoms with van der Waals surface area (Å²) in [7, 11) is 3.19. The molecule has 6 nitrogen and oxygen atoms in total. The lowest BCUT2D eigenvalue weighted by molar-refractivity contribution is -0.112. The standard InChI is InChI=1S/C18H16ClN3O3/c1-22(14-4-6-15(23)7-5-14)11-12(10-20)18(24)21-13-3-8-17(25-2)16(19)9-13/h3-9,11,23H,1-2H3,(H,21,24)/b12-11-. The Morgan fingerprint density at radius 3 is 2.56 bits per heavy atom. The molecule has 0 aliphatic rings. The van der Waals surface area contributed by atoms with E-state index in [1.807, 2.05) is 6.07 Å². The molecule has 0 saturated heterocycles. The number of phenolic OH excluding ortho intramolecular Hbond substituents is 1. The van der Waals surface area contributed by atoms with E-state index in [9.17, 15) is 15.2 Å². The highest BCUT2D eigenvalue weighted by atomic mass is 35.5. The van der Waals surface area contributed by atoms with Gasteiger partial charge in [0.05, 0.1) is 12.1 Å². The van der Waals surface area contributed by atoms with E-state index >= 15 is 0 Å². The second-order valence-corrected chi connectivity index (χ2v) is 5.49. The lowest BCUT2D eigenvalue weighted by Crippen LogP contribution is -2.17. The number of carbonyl (C=O) groups is 1. The minimum atomic E-state index is -0.561. The first-order valence-electron chi connectivity index (χ1n) is 7.23. The number of aromatic hydroxyl groups is 1. The van der Waals surface area contributed by atoms with Gasteiger partial charge in [-0.15, -0.1) is 0 Å². The molecule has 0 heterocycles. The number of nitriles is 1. The lowest BCUT2D eigenvalue weighted by Gasteiger charge is -2.15. The maximum absolute atomic E-state index is 12.3. The zero-order chi connectivity index (χ0) is 18.4. The predicted molar refractivity (Wildman–Crippen MR) is 96.8 cm³/mol. The summed E-state index contributed by atoms with van der Waals surface area (Å²) < 4.78 is 5.05. The number of rotatable bonds is 5. The van der Waals surface area contributed by atoms with Crippen LogP contribution in [0.5, 0.6) is 11.5 Å². The molecule has 2 N–H and O–H groups in total. The Labute approximate surface area is 150 Å². The fraction of sp³-hybridized carbons (Fsp3) is 0.111. The predicted octanol–water partition coefficient (Wildman–Crippen LogP) is 3.54. The van der Waals surface area contributed by atoms with E-state index in [-0.39, 0.29) is 11.3 Å². The minimum absolute atomic E-state index is 0.0810. The summed E-state index contributed by atoms with van der Waals surface area (Å²) in [5.74, 6) is 0.0629. The molecule has 0 aromatic heterocycles. The number of amides is 1. The van der Waals surface area contributed by atoms with E-state index in [0.717, 1.165) is 0 Å². The molecule has 0 aliphatic carbocycles. The second-order valence-electron chi connectivity index (χ2n) is 5.09. The zero-order valence-electron chi connectivity index (χ0n) is 13.7. The average Bonchev–Trinajstić information content (AvgIpc) is 2.60. The highest BCUT2D eigenvalue weighted by Gasteiger charge is 2.12. The highest BCUT2D eigenvalue weighted by molar-refractivity contribution is 6.32. The van der Waals surface area contributed by atoms with Crippen molar-refractivity contribution in [3.05, 3.63) is 59.3 Å². The molecule has 0 fully saturated rings. The number of nitrogens with one attached hydrogen (secondary N) is 1. The van der Waals surface area contributed by atoms with E-state index in [1.54, 1.807) is 36.2 Å². The molecule has 0 saturated carbocycles. The number of ether oxygens (including phenoxy) is 1. The molecule has 0 radical (unpaired) electrons. The Morgan fingerprint density at radius 2 is 2.00 bits per heavy atom. The molecule has 1 amide bonds. The van der Waals surface area contributed by atoms with Crippen LogP contribution >= 0.6 is 11.6 Å². The summed E-state index contributed by atoms with van der Waals surface area (Å²) in [5.41, 5.74) is 1.08. The number of hydrogen-bond donors (Lipinski definition) is 2. The third-order valence-electron chi connectivity index (χ3n) is 3.35. The van der Waals surface area contributed by atoms with Crippen LogP contribution in [0.4, 0.5) is 11.4 Å². The van der Waals surface area contributed by atoms with Crippen molar-refractivity contribution < 1.29 is 14.6 Å². The van der Waals surface area contributed by atoms with Crippen molar-refractivity contribution in [2.45, 2.75) is 0 Å². The van der Waals surface area contributed by atoms with Gasteiger partial charge in [-0.05, 0) is 42.5 Å². The Hall–Kier alpha value is -3.17. The maximum atomic E-state index is 12.3. The van der Waals surface area contributed by atoms with Crippen LogP contribution in [0.2, 0.25) is 5.02 Å². The van der Waals surface area contributed by atoms with Crippen LogP contribution in [-0.4, -0.2) is 25.2 Å². The van der Waals surface area contributed by atoms with Crippen LogP contribution in [-0.2, 0) is 4.79 Å². The molecular formula is C18H16ClN3O3. The number of benzene rings is 2. The molecule has 0 unspecified atom stereocenters. The van der Waals surface area contributed by atoms with E-state index in [1.165, 1.54) is 31.5 Å². The molecule has 0 atom stereocenters. The second kappa shape index (κ2) is 8.08. The molecule has 128 valence electrons. The van der Waals surface area contributed by atoms with Gasteiger partial charge >= 0.3 is 0 Å². The molecular weight excluding hydrogens is 342 g/mol. The Bertz CT molecular complexity index is 842. The van der Waals surface area contributed by atoms with Crippen molar-refractivity contribution in [3.8, 4) is 17.6 Å². The molecule has 0 aliphatic heterocycles. The molecule has 0 bridgehead atoms. The van der Waals surface area contributed by atoms with Crippen molar-refractivity contribution in [1.29, 1.82) is 5.26 Å². The number of halogens is 1. The lowest BCUT2D eigenvalue weighted by atomic mass is 10.2. The number of methoxy groups -OCH3 is 1. The minimum Gasteiger partial charge on any atom is -0.508 e. The third-order valence-corrected chi connectivity index (χ3v) is 3.65. The molecule has 7 heteroatoms. The third kappa shape index (κ3) is 4.66. The first-order chi connectivity index (χ1) is 11.9. The van der Waals surface area contributed by atoms with Crippen LogP contribution in [0.3, 0.4) is 0 Å². The van der Waals surface area contributed by atoms with Crippen LogP contribution in [0, 0.1) is 11.3 Å². The van der Waals surface area contributed by atoms with Gasteiger partial charge < -0.3 is 20.1 Å². The summed E-state index contributed by atoms with van der Waals surface area (Å²) >= 11 is 6.02. The summed E-state index contributed by atoms with van der Waals surface area (Å²) in [5, 5.41) is 21.5. The van der Waals surface area contributed by atoms with Gasteiger partial charge in [-0.1, -0.05) is 11.6 Å². The van der Waals surface area contributed by atoms with E-state index < -0.39 is 5.91 Å². The van der Waals surface area contributed by atoms with Gasteiger partial charge in [0.25, 0.3) is 5.91 Å². The van der Waals surface area contributed by atoms with Gasteiger partial charge in [0.15, 0.2) is 0 Å². The maximum Gasteiger partial charge on any atom is 0.267 e. The van der Waals surface area contributed by atoms with Crippen molar-refractivity contribution in [2.24, 2.45) is 0 Å². The van der Waals surface area contributed by atoms with Gasteiger partial charge in [0, 0.05) is 24.6 Å². The first kappa shape index (κ1) is 18.2. The SMILES string of the molecule is COc1ccc(NC(=O)/C(C#N)=C\N(C)c2ccc(O)cc2)cc1Cl. The quantitative estimate of drug-likeness (QED) is 0.631. The van der Waals surface area contributed by atoms with Crippen molar-refractivity contribution >= 4 is 28.9 Å². The summed E-state index contributed by atoms with van der Waals surface area (Å²) in [6.45, 7) is 0. The van der Waals surface area contributed by atoms with E-state index in [4.69, 9.17) is 16.3 Å². The molecule has 2 rings (SSSR count). The highest BCUT2D eigenvalue weighted by Crippen LogP contribution is 2.27. The zero-order valence-corrected chi connectivity index (χ0v) is 14.4. The first-order valence-corrected chi connectivity index (χ1v) is 7.61. The summed E-state index contributed by atoms with van der Waals surface area (Å²) in [6.07, 6.45) is 1.41. The van der Waals surface area contributed by atoms with Gasteiger partial charge in [0.2, 0.25) is 0 Å². The van der Waals surface area contributed by atoms with Crippen LogP contribution in [0.25, 0.3) is 0 Å². The fourth-order valence-electron chi connectivity index (χ4n) is 2.04. The van der Waals surface area contributed by atoms with Crippen LogP contribution < -0.4 is 15.0 Å². The number of anilines is 2. The van der Waals surface area contributed by atoms with Gasteiger partial charge in [-0.3, -0.25) is 4.79 Å². The summed E-state index contributed by atoms with van der Waals surface area (Å²) in [6, 6.07) is 13.0. The van der Waals surface area contributed by atoms with Crippen LogP contribution in [0.1, 0.15) is 0 Å². The number of hydrogen-bond acceptors (Lipinski definition) is 5. The van der Waals surface area contributed by atoms with Crippen molar-refractivity contribution in [3.63, 3.8) is 0 Å². The fourth-order valence-corrected chi connectivity index (χ4v) is 2.29. The Kier molecular flexibility index (Phi) is 5.88. The van der Waals surface area contributed by atoms with Crippen LogP contribution in [0.15, 0.2) is 54.2 Å². The van der Waals surface area contributed by atoms with Gasteiger partial charge in [0.1, 0.15) is 23.1 Å². The van der Waals surface area contributed by atoms with E-state index in [0.29, 0.717) is 22.1 Å². The number of carbonyl (C=O) groups excluding carboxylic acids is 1. The van der Waals surface area contributed by atoms with Gasteiger partial charge in [-0.2, -0.15) is 5.26 Å². The normalized spacial score (nSPS) is 10.7. The van der Waals surface area contributed by atoms with Gasteiger partial charge in [-0.25, -0.2) is 0 Å². The largest absolute Gasteiger partial charge is 0.508 e. The molecule has 2 aromatic rings. The molecule has 2 aromatic carbocycles. The number of phenols is 1. The Morgan fingerprint density at radius 1 is 1.32 bits per heavy atom.